The summed E-state index contributed by atoms with van der Waals surface area (Å²) in [5.74, 6) is -0.760. The quantitative estimate of drug-likeness (QED) is 0.0746. The Morgan fingerprint density at radius 2 is 1.36 bits per heavy atom. The van der Waals surface area contributed by atoms with Gasteiger partial charge in [-0.15, -0.1) is 0 Å². The molecular weight excluding hydrogens is 628 g/mol. The zero-order valence-electron chi connectivity index (χ0n) is 27.2. The van der Waals surface area contributed by atoms with Crippen LogP contribution in [0.25, 0.3) is 0 Å². The van der Waals surface area contributed by atoms with E-state index in [-0.39, 0.29) is 25.0 Å². The first-order valence-corrected chi connectivity index (χ1v) is 16.2. The topological polar surface area (TPSA) is 258 Å². The third-order valence-corrected chi connectivity index (χ3v) is 10.2. The monoisotopic (exact) mass is 682 g/mol. The highest BCUT2D eigenvalue weighted by Gasteiger charge is 2.67. The lowest BCUT2D eigenvalue weighted by Gasteiger charge is -2.54. The van der Waals surface area contributed by atoms with Crippen LogP contribution in [-0.2, 0) is 28.4 Å². The molecule has 10 unspecified atom stereocenters. The van der Waals surface area contributed by atoms with E-state index in [0.29, 0.717) is 6.42 Å². The largest absolute Gasteiger partial charge is 0.394 e. The van der Waals surface area contributed by atoms with Crippen LogP contribution in [0.4, 0.5) is 0 Å². The number of hydrogen-bond donors (Lipinski definition) is 10. The normalized spacial score (nSPS) is 45.7. The first-order chi connectivity index (χ1) is 22.1. The van der Waals surface area contributed by atoms with E-state index < -0.39 is 124 Å². The molecule has 2 bridgehead atoms. The van der Waals surface area contributed by atoms with Crippen LogP contribution in [0.15, 0.2) is 12.2 Å². The summed E-state index contributed by atoms with van der Waals surface area (Å²) in [7, 11) is 0. The highest BCUT2D eigenvalue weighted by atomic mass is 16.7. The van der Waals surface area contributed by atoms with Crippen molar-refractivity contribution in [2.45, 2.75) is 131 Å². The van der Waals surface area contributed by atoms with E-state index in [4.69, 9.17) is 28.4 Å². The number of ether oxygens (including phenoxy) is 6. The Morgan fingerprint density at radius 1 is 0.766 bits per heavy atom. The van der Waals surface area contributed by atoms with E-state index in [1.54, 1.807) is 0 Å². The number of fused-ring (bicyclic) bond motifs is 3. The van der Waals surface area contributed by atoms with Gasteiger partial charge in [0.2, 0.25) is 0 Å². The molecule has 1 saturated carbocycles. The van der Waals surface area contributed by atoms with E-state index in [2.05, 4.69) is 27.4 Å². The molecule has 0 aromatic rings. The lowest BCUT2D eigenvalue weighted by molar-refractivity contribution is -0.330. The van der Waals surface area contributed by atoms with Crippen molar-refractivity contribution in [1.29, 1.82) is 0 Å². The number of rotatable bonds is 15. The second-order valence-electron chi connectivity index (χ2n) is 14.0. The van der Waals surface area contributed by atoms with Gasteiger partial charge in [0.15, 0.2) is 6.29 Å². The molecule has 0 spiro atoms. The van der Waals surface area contributed by atoms with Gasteiger partial charge in [0, 0.05) is 5.92 Å². The SMILES string of the molecule is C=C(COC[C@@H]1OC(CO)C2(OC[C@@H]3OC(CO)[C@@H](O)C(O)C3O)CC(C1O[C@@H]1OC(CO)[C@@H](O)C(O)C1O)[C@@H]2O)CC(C)(C)CC. The summed E-state index contributed by atoms with van der Waals surface area (Å²) in [6, 6.07) is 0. The molecule has 10 N–H and O–H groups in total. The summed E-state index contributed by atoms with van der Waals surface area (Å²) in [6.07, 6.45) is -18.0. The predicted molar refractivity (Wildman–Crippen MR) is 160 cm³/mol. The minimum Gasteiger partial charge on any atom is -0.394 e. The van der Waals surface area contributed by atoms with Gasteiger partial charge in [0.1, 0.15) is 72.7 Å². The molecule has 5 aliphatic rings. The van der Waals surface area contributed by atoms with Crippen LogP contribution in [0.3, 0.4) is 0 Å². The van der Waals surface area contributed by atoms with Gasteiger partial charge in [-0.1, -0.05) is 39.3 Å². The number of hydrogen-bond acceptors (Lipinski definition) is 16. The predicted octanol–water partition coefficient (Wildman–Crippen LogP) is -3.69. The molecule has 0 radical (unpaired) electrons. The van der Waals surface area contributed by atoms with E-state index in [1.165, 1.54) is 0 Å². The van der Waals surface area contributed by atoms with Crippen molar-refractivity contribution in [2.24, 2.45) is 11.3 Å². The van der Waals surface area contributed by atoms with E-state index in [0.717, 1.165) is 12.0 Å². The lowest BCUT2D eigenvalue weighted by Crippen LogP contribution is -2.69. The number of aliphatic hydroxyl groups excluding tert-OH is 10. The molecule has 4 heterocycles. The Hall–Kier alpha value is -0.900. The molecule has 274 valence electrons. The highest BCUT2D eigenvalue weighted by molar-refractivity contribution is 5.15. The van der Waals surface area contributed by atoms with Gasteiger partial charge in [-0.05, 0) is 18.3 Å². The molecule has 16 atom stereocenters. The Labute approximate surface area is 274 Å². The van der Waals surface area contributed by atoms with Crippen LogP contribution in [0.2, 0.25) is 0 Å². The molecule has 5 fully saturated rings. The van der Waals surface area contributed by atoms with Crippen LogP contribution in [0, 0.1) is 11.3 Å². The van der Waals surface area contributed by atoms with E-state index >= 15 is 0 Å². The second-order valence-corrected chi connectivity index (χ2v) is 14.0. The summed E-state index contributed by atoms with van der Waals surface area (Å²) in [5, 5.41) is 103. The average Bonchev–Trinajstić information content (AvgIpc) is 3.23. The van der Waals surface area contributed by atoms with Gasteiger partial charge < -0.3 is 79.5 Å². The van der Waals surface area contributed by atoms with Crippen molar-refractivity contribution >= 4 is 0 Å². The maximum atomic E-state index is 11.6. The summed E-state index contributed by atoms with van der Waals surface area (Å²) >= 11 is 0. The van der Waals surface area contributed by atoms with Crippen molar-refractivity contribution in [2.75, 3.05) is 39.6 Å². The van der Waals surface area contributed by atoms with Crippen molar-refractivity contribution in [3.8, 4) is 0 Å². The third-order valence-electron chi connectivity index (χ3n) is 10.2. The first-order valence-electron chi connectivity index (χ1n) is 16.2. The minimum atomic E-state index is -1.73. The molecule has 5 rings (SSSR count). The highest BCUT2D eigenvalue weighted by Crippen LogP contribution is 2.52. The van der Waals surface area contributed by atoms with Crippen LogP contribution in [0.1, 0.15) is 40.0 Å². The van der Waals surface area contributed by atoms with Gasteiger partial charge in [0.25, 0.3) is 0 Å². The maximum Gasteiger partial charge on any atom is 0.187 e. The molecule has 16 nitrogen and oxygen atoms in total. The molecule has 0 amide bonds. The zero-order valence-corrected chi connectivity index (χ0v) is 27.2. The third kappa shape index (κ3) is 8.04. The van der Waals surface area contributed by atoms with E-state index in [9.17, 15) is 51.1 Å². The van der Waals surface area contributed by atoms with Crippen LogP contribution in [0.5, 0.6) is 0 Å². The zero-order chi connectivity index (χ0) is 34.8. The molecule has 0 aromatic heterocycles. The molecular formula is C31H54O16. The molecule has 47 heavy (non-hydrogen) atoms. The summed E-state index contributed by atoms with van der Waals surface area (Å²) in [5.41, 5.74) is -0.718. The lowest BCUT2D eigenvalue weighted by atomic mass is 9.63. The molecule has 4 saturated heterocycles. The van der Waals surface area contributed by atoms with Gasteiger partial charge in [-0.3, -0.25) is 0 Å². The van der Waals surface area contributed by atoms with Crippen molar-refractivity contribution in [3.05, 3.63) is 12.2 Å². The fraction of sp³-hybridized carbons (Fsp3) is 0.935. The van der Waals surface area contributed by atoms with Gasteiger partial charge in [-0.2, -0.15) is 0 Å². The first kappa shape index (κ1) is 38.9. The smallest absolute Gasteiger partial charge is 0.187 e. The van der Waals surface area contributed by atoms with Crippen molar-refractivity contribution in [1.82, 2.24) is 0 Å². The van der Waals surface area contributed by atoms with Crippen LogP contribution in [-0.4, -0.2) is 182 Å². The summed E-state index contributed by atoms with van der Waals surface area (Å²) in [4.78, 5) is 0. The van der Waals surface area contributed by atoms with Crippen molar-refractivity contribution < 1.29 is 79.5 Å². The van der Waals surface area contributed by atoms with Gasteiger partial charge in [0.05, 0.1) is 51.8 Å². The van der Waals surface area contributed by atoms with Gasteiger partial charge >= 0.3 is 0 Å². The maximum absolute atomic E-state index is 11.6. The Balaban J connectivity index is 1.54. The molecule has 1 aliphatic carbocycles. The molecule has 16 heteroatoms. The van der Waals surface area contributed by atoms with Crippen LogP contribution < -0.4 is 0 Å². The minimum absolute atomic E-state index is 0.00597. The Morgan fingerprint density at radius 3 is 1.94 bits per heavy atom. The molecule has 4 aliphatic heterocycles. The van der Waals surface area contributed by atoms with E-state index in [1.807, 2.05) is 0 Å². The average molecular weight is 683 g/mol. The Kier molecular flexibility index (Phi) is 13.2. The van der Waals surface area contributed by atoms with Crippen LogP contribution >= 0.6 is 0 Å². The number of aliphatic hydroxyl groups is 10. The second kappa shape index (κ2) is 16.0. The fourth-order valence-electron chi connectivity index (χ4n) is 6.92. The van der Waals surface area contributed by atoms with Gasteiger partial charge in [-0.25, -0.2) is 0 Å². The standard InChI is InChI=1S/C31H54O16/c1-5-30(3,4)6-14(2)11-42-12-19-27(47-29-26(40)25(39)22(36)17(9-33)46-29)15-7-31(28(15)41,20(10-34)45-19)43-13-18-23(37)24(38)21(35)16(8-32)44-18/h15-29,32-41H,2,5-13H2,1,3-4H3/t15?,16?,17?,18-,19-,20?,21+,22+,23?,24?,25?,26?,27?,28-,29-,31?/m0/s1. The van der Waals surface area contributed by atoms with Crippen molar-refractivity contribution in [3.63, 3.8) is 0 Å². The Bertz CT molecular complexity index is 1010. The summed E-state index contributed by atoms with van der Waals surface area (Å²) < 4.78 is 35.6. The fourth-order valence-corrected chi connectivity index (χ4v) is 6.92. The summed E-state index contributed by atoms with van der Waals surface area (Å²) in [6.45, 7) is 8.11. The molecule has 0 aromatic carbocycles.